The van der Waals surface area contributed by atoms with Crippen LogP contribution < -0.4 is 10.6 Å². The van der Waals surface area contributed by atoms with Gasteiger partial charge in [0.05, 0.1) is 0 Å². The van der Waals surface area contributed by atoms with Crippen LogP contribution in [0.3, 0.4) is 0 Å². The van der Waals surface area contributed by atoms with Crippen LogP contribution in [0.4, 0.5) is 11.4 Å². The van der Waals surface area contributed by atoms with E-state index in [1.54, 1.807) is 24.3 Å². The summed E-state index contributed by atoms with van der Waals surface area (Å²) in [6.45, 7) is 3.89. The van der Waals surface area contributed by atoms with Gasteiger partial charge in [-0.1, -0.05) is 41.4 Å². The third kappa shape index (κ3) is 7.21. The normalized spacial score (nSPS) is 17.2. The standard InChI is InChI=1S/C17H17N4O4.C7H7ClN.Y/c1-9-4-10(8-18)6-11(5-9)19-12-7-15(23)21(17(12)25)13-2-3-14(22)20-16(13)24;1-5-2-3-6(9)4-7(5)8;/h4-7,13,18-19H,2-3,8H2,1H3,(H,20,22,24);2-4,9H,1H3;/q2*-1;. The van der Waals surface area contributed by atoms with Gasteiger partial charge >= 0.3 is 0 Å². The van der Waals surface area contributed by atoms with Crippen LogP contribution in [-0.2, 0) is 58.4 Å². The van der Waals surface area contributed by atoms with E-state index in [-0.39, 0.29) is 57.8 Å². The Hall–Kier alpha value is -2.59. The first kappa shape index (κ1) is 28.6. The van der Waals surface area contributed by atoms with Gasteiger partial charge in [-0.05, 0) is 43.5 Å². The third-order valence-corrected chi connectivity index (χ3v) is 5.68. The van der Waals surface area contributed by atoms with E-state index < -0.39 is 29.7 Å². The number of rotatable bonds is 4. The molecule has 35 heavy (non-hydrogen) atoms. The predicted molar refractivity (Wildman–Crippen MR) is 129 cm³/mol. The minimum atomic E-state index is -0.977. The smallest absolute Gasteiger partial charge is 0.278 e. The maximum absolute atomic E-state index is 12.6. The summed E-state index contributed by atoms with van der Waals surface area (Å²) in [5, 5.41) is 5.71. The van der Waals surface area contributed by atoms with Crippen LogP contribution in [0.1, 0.15) is 29.5 Å². The molecule has 2 aromatic rings. The van der Waals surface area contributed by atoms with Crippen molar-refractivity contribution in [3.8, 4) is 0 Å². The molecule has 0 bridgehead atoms. The number of nitrogens with zero attached hydrogens (tertiary/aromatic N) is 1. The number of carbonyl (C=O) groups excluding carboxylic acids is 4. The van der Waals surface area contributed by atoms with E-state index in [1.165, 1.54) is 0 Å². The largest absolute Gasteiger partial charge is 0.699 e. The summed E-state index contributed by atoms with van der Waals surface area (Å²) < 4.78 is 0. The summed E-state index contributed by atoms with van der Waals surface area (Å²) in [4.78, 5) is 48.8. The molecule has 2 heterocycles. The van der Waals surface area contributed by atoms with Gasteiger partial charge in [0.1, 0.15) is 11.7 Å². The molecule has 181 valence electrons. The molecule has 11 heteroatoms. The number of aryl methyl sites for hydroxylation is 2. The summed E-state index contributed by atoms with van der Waals surface area (Å²) in [6.07, 6.45) is 1.35. The topological polar surface area (TPSA) is 143 Å². The molecule has 2 aliphatic rings. The van der Waals surface area contributed by atoms with Gasteiger partial charge in [-0.15, -0.1) is 12.2 Å². The quantitative estimate of drug-likeness (QED) is 0.526. The molecule has 4 rings (SSSR count). The van der Waals surface area contributed by atoms with E-state index in [4.69, 9.17) is 23.1 Å². The zero-order chi connectivity index (χ0) is 25.0. The first-order chi connectivity index (χ1) is 16.1. The van der Waals surface area contributed by atoms with Crippen molar-refractivity contribution >= 4 is 46.6 Å². The SMILES string of the molecule is Cc1cc(C[NH-])cc(NC2=CC(=O)N(C3CCC(=O)NC3=O)C2=O)c1.Cc1ccc([NH-])cc1Cl.[Y]. The van der Waals surface area contributed by atoms with E-state index >= 15 is 0 Å². The van der Waals surface area contributed by atoms with Crippen LogP contribution in [0, 0.1) is 13.8 Å². The van der Waals surface area contributed by atoms with Crippen LogP contribution >= 0.6 is 11.6 Å². The number of halogens is 1. The molecule has 4 N–H and O–H groups in total. The fourth-order valence-corrected chi connectivity index (χ4v) is 3.76. The third-order valence-electron chi connectivity index (χ3n) is 5.27. The molecule has 1 radical (unpaired) electrons. The van der Waals surface area contributed by atoms with Crippen LogP contribution in [-0.4, -0.2) is 34.6 Å². The van der Waals surface area contributed by atoms with Crippen molar-refractivity contribution in [2.75, 3.05) is 5.32 Å². The van der Waals surface area contributed by atoms with Gasteiger partial charge in [0.25, 0.3) is 11.8 Å². The van der Waals surface area contributed by atoms with Gasteiger partial charge in [0.2, 0.25) is 11.8 Å². The molecule has 0 saturated carbocycles. The number of hydrogen-bond donors (Lipinski definition) is 2. The first-order valence-corrected chi connectivity index (χ1v) is 10.9. The molecule has 1 fully saturated rings. The molecule has 2 aliphatic heterocycles. The van der Waals surface area contributed by atoms with Crippen molar-refractivity contribution in [1.29, 1.82) is 0 Å². The first-order valence-electron chi connectivity index (χ1n) is 10.5. The maximum atomic E-state index is 12.6. The monoisotopic (exact) mass is 570 g/mol. The number of imide groups is 2. The Balaban J connectivity index is 0.000000366. The van der Waals surface area contributed by atoms with Crippen molar-refractivity contribution in [3.63, 3.8) is 0 Å². The fourth-order valence-electron chi connectivity index (χ4n) is 3.58. The van der Waals surface area contributed by atoms with E-state index in [2.05, 4.69) is 10.6 Å². The average molecular weight is 571 g/mol. The van der Waals surface area contributed by atoms with Crippen LogP contribution in [0.15, 0.2) is 48.2 Å². The van der Waals surface area contributed by atoms with E-state index in [0.29, 0.717) is 16.4 Å². The Morgan fingerprint density at radius 2 is 1.83 bits per heavy atom. The summed E-state index contributed by atoms with van der Waals surface area (Å²) >= 11 is 5.69. The van der Waals surface area contributed by atoms with Crippen molar-refractivity contribution in [2.45, 2.75) is 39.3 Å². The predicted octanol–water partition coefficient (Wildman–Crippen LogP) is 4.35. The van der Waals surface area contributed by atoms with Gasteiger partial charge in [0.15, 0.2) is 0 Å². The van der Waals surface area contributed by atoms with E-state index in [1.807, 2.05) is 26.0 Å². The molecule has 0 aromatic heterocycles. The molecule has 1 saturated heterocycles. The number of benzene rings is 2. The fraction of sp³-hybridized carbons (Fsp3) is 0.250. The van der Waals surface area contributed by atoms with Crippen molar-refractivity contribution in [1.82, 2.24) is 10.2 Å². The second-order valence-electron chi connectivity index (χ2n) is 8.01. The maximum Gasteiger partial charge on any atom is 0.278 e. The van der Waals surface area contributed by atoms with Crippen molar-refractivity contribution in [2.24, 2.45) is 0 Å². The minimum Gasteiger partial charge on any atom is -0.699 e. The molecule has 9 nitrogen and oxygen atoms in total. The Morgan fingerprint density at radius 3 is 2.43 bits per heavy atom. The van der Waals surface area contributed by atoms with Gasteiger partial charge in [0, 0.05) is 55.9 Å². The zero-order valence-corrected chi connectivity index (χ0v) is 22.9. The van der Waals surface area contributed by atoms with Crippen LogP contribution in [0.5, 0.6) is 0 Å². The average Bonchev–Trinajstić information content (AvgIpc) is 3.04. The molecule has 2 aromatic carbocycles. The van der Waals surface area contributed by atoms with Crippen molar-refractivity contribution < 1.29 is 51.9 Å². The zero-order valence-electron chi connectivity index (χ0n) is 19.3. The number of nitrogens with one attached hydrogen (secondary N) is 4. The van der Waals surface area contributed by atoms with Crippen molar-refractivity contribution in [3.05, 3.63) is 81.4 Å². The summed E-state index contributed by atoms with van der Waals surface area (Å²) in [7, 11) is 0. The summed E-state index contributed by atoms with van der Waals surface area (Å²) in [5.41, 5.74) is 18.5. The number of carbonyl (C=O) groups is 4. The number of amides is 4. The Kier molecular flexibility index (Phi) is 10.1. The Bertz CT molecular complexity index is 1200. The molecule has 0 spiro atoms. The Morgan fingerprint density at radius 1 is 1.11 bits per heavy atom. The van der Waals surface area contributed by atoms with Gasteiger partial charge in [-0.3, -0.25) is 29.4 Å². The second kappa shape index (κ2) is 12.4. The number of anilines is 1. The second-order valence-corrected chi connectivity index (χ2v) is 8.42. The van der Waals surface area contributed by atoms with Crippen LogP contribution in [0.2, 0.25) is 5.02 Å². The molecule has 4 amide bonds. The van der Waals surface area contributed by atoms with Gasteiger partial charge < -0.3 is 16.8 Å². The summed E-state index contributed by atoms with van der Waals surface area (Å²) in [5.74, 6) is -2.24. The summed E-state index contributed by atoms with van der Waals surface area (Å²) in [6, 6.07) is 9.61. The van der Waals surface area contributed by atoms with Gasteiger partial charge in [-0.2, -0.15) is 0 Å². The molecule has 1 atom stereocenters. The number of hydrogen-bond acceptors (Lipinski definition) is 5. The number of piperidine rings is 1. The van der Waals surface area contributed by atoms with Crippen LogP contribution in [0.25, 0.3) is 11.5 Å². The van der Waals surface area contributed by atoms with Gasteiger partial charge in [-0.25, -0.2) is 0 Å². The Labute approximate surface area is 233 Å². The minimum absolute atomic E-state index is 0. The molecular formula is C24H24ClN5O4Y-2. The van der Waals surface area contributed by atoms with E-state index in [9.17, 15) is 19.2 Å². The van der Waals surface area contributed by atoms with E-state index in [0.717, 1.165) is 27.7 Å². The molecule has 0 aliphatic carbocycles. The molecular weight excluding hydrogens is 547 g/mol. The molecule has 1 unspecified atom stereocenters.